The molecule has 0 radical (unpaired) electrons. The van der Waals surface area contributed by atoms with Gasteiger partial charge in [0, 0.05) is 25.2 Å². The third-order valence-corrected chi connectivity index (χ3v) is 6.79. The Hall–Kier alpha value is -4.54. The number of hydrogen-bond acceptors (Lipinski definition) is 5. The first kappa shape index (κ1) is 26.1. The molecule has 2 amide bonds. The number of carbonyl (C=O) groups excluding carboxylic acids is 2. The van der Waals surface area contributed by atoms with Crippen molar-refractivity contribution in [2.24, 2.45) is 0 Å². The lowest BCUT2D eigenvalue weighted by atomic mass is 9.89. The van der Waals surface area contributed by atoms with E-state index in [-0.39, 0.29) is 17.5 Å². The predicted octanol–water partition coefficient (Wildman–Crippen LogP) is 4.81. The zero-order valence-electron chi connectivity index (χ0n) is 20.9. The molecule has 1 aliphatic rings. The first-order valence-corrected chi connectivity index (χ1v) is 12.5. The van der Waals surface area contributed by atoms with E-state index < -0.39 is 34.6 Å². The van der Waals surface area contributed by atoms with E-state index in [1.54, 1.807) is 23.1 Å². The molecule has 1 saturated heterocycles. The van der Waals surface area contributed by atoms with Crippen molar-refractivity contribution in [3.05, 3.63) is 96.0 Å². The van der Waals surface area contributed by atoms with E-state index in [9.17, 15) is 22.8 Å². The van der Waals surface area contributed by atoms with E-state index in [1.807, 2.05) is 17.0 Å². The summed E-state index contributed by atoms with van der Waals surface area (Å²) in [5.41, 5.74) is 0.210. The van der Waals surface area contributed by atoms with E-state index in [0.717, 1.165) is 48.7 Å². The Kier molecular flexibility index (Phi) is 7.67. The van der Waals surface area contributed by atoms with Crippen LogP contribution in [-0.2, 0) is 11.3 Å². The second-order valence-electron chi connectivity index (χ2n) is 9.26. The molecule has 8 nitrogen and oxygen atoms in total. The lowest BCUT2D eigenvalue weighted by Gasteiger charge is -2.32. The van der Waals surface area contributed by atoms with Crippen LogP contribution in [0.5, 0.6) is 0 Å². The first-order chi connectivity index (χ1) is 18.9. The van der Waals surface area contributed by atoms with E-state index in [1.165, 1.54) is 6.33 Å². The number of piperidine rings is 1. The lowest BCUT2D eigenvalue weighted by molar-refractivity contribution is -0.132. The van der Waals surface area contributed by atoms with Crippen LogP contribution in [0.15, 0.2) is 67.3 Å². The molecule has 2 aromatic heterocycles. The minimum atomic E-state index is -0.975. The van der Waals surface area contributed by atoms with Crippen molar-refractivity contribution < 1.29 is 22.8 Å². The molecule has 39 heavy (non-hydrogen) atoms. The average Bonchev–Trinajstić information content (AvgIpc) is 3.47. The Morgan fingerprint density at radius 3 is 2.31 bits per heavy atom. The summed E-state index contributed by atoms with van der Waals surface area (Å²) in [4.78, 5) is 34.9. The third kappa shape index (κ3) is 5.97. The maximum absolute atomic E-state index is 14.3. The summed E-state index contributed by atoms with van der Waals surface area (Å²) in [5.74, 6) is -3.15. The first-order valence-electron chi connectivity index (χ1n) is 12.5. The molecule has 0 spiro atoms. The fourth-order valence-corrected chi connectivity index (χ4v) is 4.68. The number of nitrogens with one attached hydrogen (secondary N) is 1. The molecule has 200 valence electrons. The van der Waals surface area contributed by atoms with Gasteiger partial charge in [-0.3, -0.25) is 14.3 Å². The number of amides is 2. The molecule has 0 bridgehead atoms. The standard InChI is InChI=1S/C28H25F3N6O2/c29-21-2-1-3-22(30)26(21)27-23(31)8-9-24(35-27)28(39)34-20-6-4-18(5-7-20)19-10-13-36(14-11-19)25(38)12-15-37-17-32-16-33-37/h1-9,16-17,19H,10-15H2,(H,34,39). The quantitative estimate of drug-likeness (QED) is 0.368. The molecule has 0 unspecified atom stereocenters. The van der Waals surface area contributed by atoms with Crippen LogP contribution in [0.3, 0.4) is 0 Å². The maximum atomic E-state index is 14.3. The molecule has 1 N–H and O–H groups in total. The van der Waals surface area contributed by atoms with Gasteiger partial charge in [0.15, 0.2) is 0 Å². The highest BCUT2D eigenvalue weighted by atomic mass is 19.1. The number of rotatable bonds is 7. The average molecular weight is 535 g/mol. The number of halogens is 3. The van der Waals surface area contributed by atoms with Crippen LogP contribution in [0, 0.1) is 17.5 Å². The van der Waals surface area contributed by atoms with E-state index in [4.69, 9.17) is 0 Å². The van der Waals surface area contributed by atoms with Crippen LogP contribution in [0.25, 0.3) is 11.3 Å². The van der Waals surface area contributed by atoms with Crippen molar-refractivity contribution in [3.8, 4) is 11.3 Å². The fourth-order valence-electron chi connectivity index (χ4n) is 4.68. The second-order valence-corrected chi connectivity index (χ2v) is 9.26. The Labute approximate surface area is 222 Å². The van der Waals surface area contributed by atoms with Crippen LogP contribution in [0.1, 0.15) is 41.2 Å². The summed E-state index contributed by atoms with van der Waals surface area (Å²) in [5, 5.41) is 6.70. The van der Waals surface area contributed by atoms with Gasteiger partial charge in [-0.2, -0.15) is 5.10 Å². The minimum Gasteiger partial charge on any atom is -0.343 e. The van der Waals surface area contributed by atoms with E-state index in [0.29, 0.717) is 31.7 Å². The zero-order valence-corrected chi connectivity index (χ0v) is 20.9. The van der Waals surface area contributed by atoms with Crippen molar-refractivity contribution in [3.63, 3.8) is 0 Å². The van der Waals surface area contributed by atoms with Gasteiger partial charge in [-0.05, 0) is 60.7 Å². The molecule has 4 aromatic rings. The number of aryl methyl sites for hydroxylation is 1. The van der Waals surface area contributed by atoms with E-state index >= 15 is 0 Å². The van der Waals surface area contributed by atoms with Crippen LogP contribution in [0.4, 0.5) is 18.9 Å². The number of benzene rings is 2. The molecule has 0 aliphatic carbocycles. The molecule has 0 saturated carbocycles. The maximum Gasteiger partial charge on any atom is 0.274 e. The van der Waals surface area contributed by atoms with Gasteiger partial charge in [0.1, 0.15) is 41.5 Å². The Morgan fingerprint density at radius 2 is 1.64 bits per heavy atom. The zero-order chi connectivity index (χ0) is 27.4. The normalized spacial score (nSPS) is 13.9. The summed E-state index contributed by atoms with van der Waals surface area (Å²) in [6, 6.07) is 12.6. The van der Waals surface area contributed by atoms with Gasteiger partial charge in [0.2, 0.25) is 5.91 Å². The molecule has 3 heterocycles. The van der Waals surface area contributed by atoms with E-state index in [2.05, 4.69) is 20.4 Å². The monoisotopic (exact) mass is 534 g/mol. The van der Waals surface area contributed by atoms with Gasteiger partial charge in [-0.15, -0.1) is 0 Å². The van der Waals surface area contributed by atoms with Crippen molar-refractivity contribution in [1.82, 2.24) is 24.6 Å². The molecule has 1 fully saturated rings. The van der Waals surface area contributed by atoms with Crippen molar-refractivity contribution in [2.45, 2.75) is 31.7 Å². The fraction of sp³-hybridized carbons (Fsp3) is 0.250. The number of hydrogen-bond donors (Lipinski definition) is 1. The highest BCUT2D eigenvalue weighted by Gasteiger charge is 2.24. The Morgan fingerprint density at radius 1 is 0.923 bits per heavy atom. The third-order valence-electron chi connectivity index (χ3n) is 6.79. The van der Waals surface area contributed by atoms with Gasteiger partial charge in [-0.1, -0.05) is 18.2 Å². The molecule has 5 rings (SSSR count). The minimum absolute atomic E-state index is 0.0947. The second kappa shape index (κ2) is 11.5. The smallest absolute Gasteiger partial charge is 0.274 e. The van der Waals surface area contributed by atoms with Crippen LogP contribution in [0.2, 0.25) is 0 Å². The van der Waals surface area contributed by atoms with Gasteiger partial charge in [0.25, 0.3) is 5.91 Å². The topological polar surface area (TPSA) is 93.0 Å². The largest absolute Gasteiger partial charge is 0.343 e. The van der Waals surface area contributed by atoms with Crippen molar-refractivity contribution in [1.29, 1.82) is 0 Å². The summed E-state index contributed by atoms with van der Waals surface area (Å²) in [7, 11) is 0. The summed E-state index contributed by atoms with van der Waals surface area (Å²) >= 11 is 0. The number of carbonyl (C=O) groups is 2. The van der Waals surface area contributed by atoms with Crippen LogP contribution in [-0.4, -0.2) is 49.6 Å². The molecule has 11 heteroatoms. The highest BCUT2D eigenvalue weighted by molar-refractivity contribution is 6.03. The lowest BCUT2D eigenvalue weighted by Crippen LogP contribution is -2.38. The van der Waals surface area contributed by atoms with Crippen LogP contribution >= 0.6 is 0 Å². The molecular formula is C28H25F3N6O2. The molecule has 1 aliphatic heterocycles. The molecular weight excluding hydrogens is 509 g/mol. The number of likely N-dealkylation sites (tertiary alicyclic amines) is 1. The van der Waals surface area contributed by atoms with Crippen molar-refractivity contribution >= 4 is 17.5 Å². The number of pyridine rings is 1. The SMILES string of the molecule is O=C(Nc1ccc(C2CCN(C(=O)CCn3cncn3)CC2)cc1)c1ccc(F)c(-c2c(F)cccc2F)n1. The molecule has 2 aromatic carbocycles. The van der Waals surface area contributed by atoms with Gasteiger partial charge in [0.05, 0.1) is 12.1 Å². The van der Waals surface area contributed by atoms with Crippen LogP contribution < -0.4 is 5.32 Å². The Bertz CT molecular complexity index is 1450. The van der Waals surface area contributed by atoms with Gasteiger partial charge >= 0.3 is 0 Å². The molecule has 0 atom stereocenters. The summed E-state index contributed by atoms with van der Waals surface area (Å²) < 4.78 is 44.3. The Balaban J connectivity index is 1.18. The van der Waals surface area contributed by atoms with Gasteiger partial charge in [-0.25, -0.2) is 23.1 Å². The number of aromatic nitrogens is 4. The summed E-state index contributed by atoms with van der Waals surface area (Å²) in [6.45, 7) is 1.84. The number of anilines is 1. The summed E-state index contributed by atoms with van der Waals surface area (Å²) in [6.07, 6.45) is 5.07. The van der Waals surface area contributed by atoms with Crippen molar-refractivity contribution in [2.75, 3.05) is 18.4 Å². The predicted molar refractivity (Wildman–Crippen MR) is 137 cm³/mol. The number of nitrogens with zero attached hydrogens (tertiary/aromatic N) is 5. The highest BCUT2D eigenvalue weighted by Crippen LogP contribution is 2.30. The van der Waals surface area contributed by atoms with Gasteiger partial charge < -0.3 is 10.2 Å².